The van der Waals surface area contributed by atoms with Gasteiger partial charge in [0.1, 0.15) is 10.0 Å². The van der Waals surface area contributed by atoms with Crippen LogP contribution in [0.4, 0.5) is 0 Å². The van der Waals surface area contributed by atoms with Gasteiger partial charge in [0.05, 0.1) is 22.0 Å². The lowest BCUT2D eigenvalue weighted by molar-refractivity contribution is -0.122. The summed E-state index contributed by atoms with van der Waals surface area (Å²) in [6.45, 7) is 5.29. The highest BCUT2D eigenvalue weighted by atomic mass is 32.2. The Labute approximate surface area is 272 Å². The number of sulfonamides is 1. The highest BCUT2D eigenvalue weighted by Gasteiger charge is 2.33. The molecule has 12 heteroatoms. The maximum atomic E-state index is 13.6. The van der Waals surface area contributed by atoms with Crippen molar-refractivity contribution >= 4 is 50.3 Å². The summed E-state index contributed by atoms with van der Waals surface area (Å²) in [7, 11) is -3.71. The molecule has 3 heterocycles. The number of amides is 1. The van der Waals surface area contributed by atoms with E-state index in [1.807, 2.05) is 74.6 Å². The fraction of sp³-hybridized carbons (Fsp3) is 0.242. The Morgan fingerprint density at radius 3 is 2.49 bits per heavy atom. The molecule has 0 radical (unpaired) electrons. The van der Waals surface area contributed by atoms with Crippen LogP contribution >= 0.6 is 24.0 Å². The van der Waals surface area contributed by atoms with Crippen molar-refractivity contribution in [2.45, 2.75) is 38.1 Å². The highest BCUT2D eigenvalue weighted by molar-refractivity contribution is 8.26. The van der Waals surface area contributed by atoms with Crippen LogP contribution in [0.3, 0.4) is 0 Å². The second kappa shape index (κ2) is 13.2. The van der Waals surface area contributed by atoms with Gasteiger partial charge in [-0.15, -0.1) is 0 Å². The third-order valence-corrected chi connectivity index (χ3v) is 10.7. The molecule has 0 atom stereocenters. The van der Waals surface area contributed by atoms with E-state index in [4.69, 9.17) is 26.8 Å². The van der Waals surface area contributed by atoms with E-state index in [0.717, 1.165) is 24.1 Å². The lowest BCUT2D eigenvalue weighted by atomic mass is 10.1. The van der Waals surface area contributed by atoms with Gasteiger partial charge in [-0.05, 0) is 60.9 Å². The van der Waals surface area contributed by atoms with Gasteiger partial charge in [0.15, 0.2) is 11.5 Å². The van der Waals surface area contributed by atoms with Crippen LogP contribution in [0.15, 0.2) is 88.8 Å². The van der Waals surface area contributed by atoms with Crippen LogP contribution in [0.1, 0.15) is 37.8 Å². The van der Waals surface area contributed by atoms with Gasteiger partial charge in [0, 0.05) is 30.4 Å². The highest BCUT2D eigenvalue weighted by Crippen LogP contribution is 2.38. The van der Waals surface area contributed by atoms with E-state index in [2.05, 4.69) is 0 Å². The van der Waals surface area contributed by atoms with E-state index >= 15 is 0 Å². The summed E-state index contributed by atoms with van der Waals surface area (Å²) in [4.78, 5) is 15.9. The molecule has 0 unspecified atom stereocenters. The number of carbonyl (C=O) groups excluding carboxylic acids is 1. The van der Waals surface area contributed by atoms with E-state index in [1.165, 1.54) is 16.1 Å². The van der Waals surface area contributed by atoms with Gasteiger partial charge in [-0.25, -0.2) is 13.1 Å². The van der Waals surface area contributed by atoms with E-state index in [0.29, 0.717) is 57.2 Å². The summed E-state index contributed by atoms with van der Waals surface area (Å²) in [5, 5.41) is 4.87. The van der Waals surface area contributed by atoms with Crippen LogP contribution < -0.4 is 9.47 Å². The Morgan fingerprint density at radius 1 is 0.978 bits per heavy atom. The van der Waals surface area contributed by atoms with Crippen molar-refractivity contribution in [3.05, 3.63) is 95.0 Å². The Morgan fingerprint density at radius 2 is 1.73 bits per heavy atom. The number of para-hydroxylation sites is 1. The minimum Gasteiger partial charge on any atom is -0.454 e. The Balaban J connectivity index is 1.36. The van der Waals surface area contributed by atoms with Crippen molar-refractivity contribution in [1.29, 1.82) is 0 Å². The smallest absolute Gasteiger partial charge is 0.266 e. The molecule has 9 nitrogen and oxygen atoms in total. The standard InChI is InChI=1S/C33H32N4O5S3/c1-3-15-35(16-4-2)45(39,40)27-12-8-9-24(18-27)31-25(21-37(34-31)26-10-6-5-7-11-26)19-30-32(38)36(33(43)44-30)20-23-13-14-28-29(17-23)42-22-41-28/h5-14,17-19,21H,3-4,15-16,20,22H2,1-2H3/b30-19-. The molecule has 3 aromatic carbocycles. The van der Waals surface area contributed by atoms with E-state index in [1.54, 1.807) is 33.9 Å². The monoisotopic (exact) mass is 660 g/mol. The molecule has 1 saturated heterocycles. The number of hydrogen-bond acceptors (Lipinski definition) is 8. The maximum Gasteiger partial charge on any atom is 0.266 e. The molecule has 0 spiro atoms. The first-order valence-electron chi connectivity index (χ1n) is 14.7. The number of thiocarbonyl (C=S) groups is 1. The number of aromatic nitrogens is 2. The molecule has 45 heavy (non-hydrogen) atoms. The number of carbonyl (C=O) groups is 1. The topological polar surface area (TPSA) is 94.0 Å². The Hall–Kier alpha value is -3.97. The van der Waals surface area contributed by atoms with Gasteiger partial charge in [-0.2, -0.15) is 9.40 Å². The Bertz CT molecular complexity index is 1880. The maximum absolute atomic E-state index is 13.6. The van der Waals surface area contributed by atoms with Gasteiger partial charge in [0.2, 0.25) is 16.8 Å². The third kappa shape index (κ3) is 6.41. The molecule has 0 saturated carbocycles. The van der Waals surface area contributed by atoms with Crippen molar-refractivity contribution in [3.63, 3.8) is 0 Å². The molecule has 1 aromatic heterocycles. The van der Waals surface area contributed by atoms with E-state index in [9.17, 15) is 13.2 Å². The zero-order valence-electron chi connectivity index (χ0n) is 24.9. The zero-order valence-corrected chi connectivity index (χ0v) is 27.3. The summed E-state index contributed by atoms with van der Waals surface area (Å²) >= 11 is 6.85. The largest absolute Gasteiger partial charge is 0.454 e. The van der Waals surface area contributed by atoms with Gasteiger partial charge in [-0.3, -0.25) is 9.69 Å². The molecule has 232 valence electrons. The number of benzene rings is 3. The fourth-order valence-electron chi connectivity index (χ4n) is 5.23. The molecule has 1 fully saturated rings. The van der Waals surface area contributed by atoms with Gasteiger partial charge in [-0.1, -0.05) is 74.2 Å². The number of rotatable bonds is 11. The minimum atomic E-state index is -3.71. The molecular formula is C33H32N4O5S3. The number of ether oxygens (including phenoxy) is 2. The average molecular weight is 661 g/mol. The van der Waals surface area contributed by atoms with Gasteiger partial charge >= 0.3 is 0 Å². The van der Waals surface area contributed by atoms with E-state index in [-0.39, 0.29) is 17.6 Å². The van der Waals surface area contributed by atoms with Crippen LogP contribution in [0.25, 0.3) is 23.0 Å². The molecule has 0 bridgehead atoms. The number of thioether (sulfide) groups is 1. The van der Waals surface area contributed by atoms with Crippen LogP contribution in [-0.2, 0) is 21.4 Å². The summed E-state index contributed by atoms with van der Waals surface area (Å²) in [6, 6.07) is 22.0. The number of nitrogens with zero attached hydrogens (tertiary/aromatic N) is 4. The second-order valence-electron chi connectivity index (χ2n) is 10.6. The summed E-state index contributed by atoms with van der Waals surface area (Å²) in [5.41, 5.74) is 3.54. The van der Waals surface area contributed by atoms with Crippen molar-refractivity contribution in [3.8, 4) is 28.4 Å². The summed E-state index contributed by atoms with van der Waals surface area (Å²) in [6.07, 6.45) is 5.06. The molecule has 2 aliphatic rings. The quantitative estimate of drug-likeness (QED) is 0.133. The van der Waals surface area contributed by atoms with E-state index < -0.39 is 10.0 Å². The Kier molecular flexibility index (Phi) is 9.09. The summed E-state index contributed by atoms with van der Waals surface area (Å²) in [5.74, 6) is 1.10. The fourth-order valence-corrected chi connectivity index (χ4v) is 8.15. The first-order chi connectivity index (χ1) is 21.8. The molecular weight excluding hydrogens is 629 g/mol. The lowest BCUT2D eigenvalue weighted by Crippen LogP contribution is -2.32. The number of fused-ring (bicyclic) bond motifs is 1. The van der Waals surface area contributed by atoms with Crippen LogP contribution in [-0.4, -0.2) is 57.5 Å². The lowest BCUT2D eigenvalue weighted by Gasteiger charge is -2.21. The van der Waals surface area contributed by atoms with Crippen molar-refractivity contribution in [1.82, 2.24) is 19.0 Å². The van der Waals surface area contributed by atoms with Crippen molar-refractivity contribution in [2.75, 3.05) is 19.9 Å². The molecule has 2 aliphatic heterocycles. The summed E-state index contributed by atoms with van der Waals surface area (Å²) < 4.78 is 41.8. The van der Waals surface area contributed by atoms with Gasteiger partial charge in [0.25, 0.3) is 5.91 Å². The molecule has 6 rings (SSSR count). The average Bonchev–Trinajstić information content (AvgIpc) is 3.76. The first-order valence-corrected chi connectivity index (χ1v) is 17.3. The molecule has 0 N–H and O–H groups in total. The van der Waals surface area contributed by atoms with Crippen LogP contribution in [0, 0.1) is 0 Å². The predicted octanol–water partition coefficient (Wildman–Crippen LogP) is 6.48. The number of hydrogen-bond donors (Lipinski definition) is 0. The van der Waals surface area contributed by atoms with Crippen LogP contribution in [0.5, 0.6) is 11.5 Å². The third-order valence-electron chi connectivity index (χ3n) is 7.39. The van der Waals surface area contributed by atoms with Crippen molar-refractivity contribution < 1.29 is 22.7 Å². The zero-order chi connectivity index (χ0) is 31.6. The molecule has 1 amide bonds. The first kappa shape index (κ1) is 31.0. The predicted molar refractivity (Wildman–Crippen MR) is 180 cm³/mol. The van der Waals surface area contributed by atoms with Crippen LogP contribution in [0.2, 0.25) is 0 Å². The molecule has 0 aliphatic carbocycles. The SMILES string of the molecule is CCCN(CCC)S(=O)(=O)c1cccc(-c2nn(-c3ccccc3)cc2/C=C2\SC(=S)N(Cc3ccc4c(c3)OCO4)C2=O)c1. The minimum absolute atomic E-state index is 0.173. The van der Waals surface area contributed by atoms with Crippen molar-refractivity contribution in [2.24, 2.45) is 0 Å². The normalized spacial score (nSPS) is 15.5. The van der Waals surface area contributed by atoms with Gasteiger partial charge < -0.3 is 9.47 Å². The second-order valence-corrected chi connectivity index (χ2v) is 14.2. The molecule has 4 aromatic rings.